The van der Waals surface area contributed by atoms with Crippen molar-refractivity contribution in [1.82, 2.24) is 9.97 Å². The number of aryl methyl sites for hydroxylation is 1. The maximum absolute atomic E-state index is 13.7. The standard InChI is InChI=1S/C27H28N4O4/c1-14-8-23(32)30-24-18(14)10-17(11-21(24)34-2)28-26(33)19-9-15-12-35-13-20(15)29-25(19)31-22-5-3-4-16-6-7-27(16,22)31/h8-11,16,22H,3-7,12-13H2,1-2H3,(H,28,33)(H,30,32). The summed E-state index contributed by atoms with van der Waals surface area (Å²) in [5.41, 5.74) is 4.60. The monoisotopic (exact) mass is 472 g/mol. The van der Waals surface area contributed by atoms with E-state index in [4.69, 9.17) is 14.5 Å². The SMILES string of the molecule is COc1cc(NC(=O)c2cc3c(nc2N2C4CCCC5CCC542)COC3)cc2c(C)cc(=O)[nH]c12. The molecule has 8 nitrogen and oxygen atoms in total. The molecular formula is C27H28N4O4. The number of aromatic nitrogens is 2. The highest BCUT2D eigenvalue weighted by atomic mass is 16.5. The minimum Gasteiger partial charge on any atom is -0.494 e. The van der Waals surface area contributed by atoms with Crippen LogP contribution in [0.5, 0.6) is 5.75 Å². The number of ether oxygens (including phenoxy) is 2. The molecule has 2 aliphatic heterocycles. The molecule has 2 aromatic heterocycles. The highest BCUT2D eigenvalue weighted by Gasteiger charge is 2.72. The van der Waals surface area contributed by atoms with Gasteiger partial charge in [0.15, 0.2) is 0 Å². The van der Waals surface area contributed by atoms with Gasteiger partial charge in [0.05, 0.1) is 48.7 Å². The molecule has 1 amide bonds. The van der Waals surface area contributed by atoms with Crippen LogP contribution in [0, 0.1) is 12.8 Å². The molecule has 180 valence electrons. The molecule has 1 spiro atoms. The van der Waals surface area contributed by atoms with Gasteiger partial charge in [-0.15, -0.1) is 0 Å². The molecular weight excluding hydrogens is 444 g/mol. The molecule has 4 aliphatic rings. The van der Waals surface area contributed by atoms with Crippen LogP contribution in [0.3, 0.4) is 0 Å². The largest absolute Gasteiger partial charge is 0.494 e. The Morgan fingerprint density at radius 1 is 1.23 bits per heavy atom. The van der Waals surface area contributed by atoms with Gasteiger partial charge in [-0.05, 0) is 56.2 Å². The second-order valence-electron chi connectivity index (χ2n) is 10.4. The fraction of sp³-hybridized carbons (Fsp3) is 0.444. The quantitative estimate of drug-likeness (QED) is 0.557. The molecule has 2 saturated carbocycles. The van der Waals surface area contributed by atoms with Crippen molar-refractivity contribution in [3.63, 3.8) is 0 Å². The number of rotatable bonds is 4. The third-order valence-corrected chi connectivity index (χ3v) is 8.64. The van der Waals surface area contributed by atoms with Crippen LogP contribution in [0.4, 0.5) is 11.5 Å². The zero-order valence-electron chi connectivity index (χ0n) is 19.9. The van der Waals surface area contributed by atoms with Crippen LogP contribution >= 0.6 is 0 Å². The Bertz CT molecular complexity index is 1460. The third kappa shape index (κ3) is 2.92. The number of nitrogens with zero attached hydrogens (tertiary/aromatic N) is 2. The predicted molar refractivity (Wildman–Crippen MR) is 132 cm³/mol. The lowest BCUT2D eigenvalue weighted by Gasteiger charge is -2.40. The lowest BCUT2D eigenvalue weighted by atomic mass is 9.65. The fourth-order valence-corrected chi connectivity index (χ4v) is 6.85. The van der Waals surface area contributed by atoms with Gasteiger partial charge in [0.2, 0.25) is 5.56 Å². The van der Waals surface area contributed by atoms with E-state index < -0.39 is 0 Å². The molecule has 35 heavy (non-hydrogen) atoms. The number of methoxy groups -OCH3 is 1. The van der Waals surface area contributed by atoms with Gasteiger partial charge in [-0.3, -0.25) is 9.59 Å². The molecule has 8 heteroatoms. The number of H-pyrrole nitrogens is 1. The van der Waals surface area contributed by atoms with Crippen molar-refractivity contribution >= 4 is 28.3 Å². The summed E-state index contributed by atoms with van der Waals surface area (Å²) in [6, 6.07) is 7.64. The van der Waals surface area contributed by atoms with Crippen molar-refractivity contribution in [3.05, 3.63) is 57.0 Å². The minimum atomic E-state index is -0.193. The van der Waals surface area contributed by atoms with Gasteiger partial charge in [0.25, 0.3) is 5.91 Å². The highest BCUT2D eigenvalue weighted by molar-refractivity contribution is 6.09. The lowest BCUT2D eigenvalue weighted by molar-refractivity contribution is 0.102. The fourth-order valence-electron chi connectivity index (χ4n) is 6.85. The topological polar surface area (TPSA) is 96.3 Å². The van der Waals surface area contributed by atoms with Crippen molar-refractivity contribution in [2.45, 2.75) is 63.8 Å². The smallest absolute Gasteiger partial charge is 0.259 e. The first-order valence-electron chi connectivity index (χ1n) is 12.4. The zero-order chi connectivity index (χ0) is 23.9. The summed E-state index contributed by atoms with van der Waals surface area (Å²) < 4.78 is 11.2. The Balaban J connectivity index is 1.28. The molecule has 3 unspecified atom stereocenters. The lowest BCUT2D eigenvalue weighted by Crippen LogP contribution is -2.42. The third-order valence-electron chi connectivity index (χ3n) is 8.64. The summed E-state index contributed by atoms with van der Waals surface area (Å²) in [6.45, 7) is 2.86. The van der Waals surface area contributed by atoms with Crippen molar-refractivity contribution in [2.24, 2.45) is 5.92 Å². The van der Waals surface area contributed by atoms with Crippen molar-refractivity contribution in [1.29, 1.82) is 0 Å². The first kappa shape index (κ1) is 20.9. The van der Waals surface area contributed by atoms with Crippen LogP contribution in [0.1, 0.15) is 59.3 Å². The predicted octanol–water partition coefficient (Wildman–Crippen LogP) is 4.04. The molecule has 3 atom stereocenters. The van der Waals surface area contributed by atoms with Crippen LogP contribution in [0.2, 0.25) is 0 Å². The molecule has 0 radical (unpaired) electrons. The number of amides is 1. The van der Waals surface area contributed by atoms with Crippen LogP contribution in [0.15, 0.2) is 29.1 Å². The molecule has 2 aliphatic carbocycles. The van der Waals surface area contributed by atoms with Gasteiger partial charge in [-0.25, -0.2) is 4.98 Å². The number of hydrogen-bond acceptors (Lipinski definition) is 6. The van der Waals surface area contributed by atoms with E-state index in [0.29, 0.717) is 41.8 Å². The van der Waals surface area contributed by atoms with E-state index in [0.717, 1.165) is 33.9 Å². The van der Waals surface area contributed by atoms with Gasteiger partial charge >= 0.3 is 0 Å². The van der Waals surface area contributed by atoms with E-state index in [1.165, 1.54) is 32.1 Å². The van der Waals surface area contributed by atoms with Crippen LogP contribution in [-0.2, 0) is 18.0 Å². The average Bonchev–Trinajstić information content (AvgIpc) is 3.33. The normalized spacial score (nSPS) is 25.9. The summed E-state index contributed by atoms with van der Waals surface area (Å²) in [6.07, 6.45) is 6.17. The Morgan fingerprint density at radius 3 is 2.89 bits per heavy atom. The molecule has 7 rings (SSSR count). The van der Waals surface area contributed by atoms with Crippen LogP contribution < -0.4 is 20.5 Å². The Morgan fingerprint density at radius 2 is 2.11 bits per heavy atom. The number of aromatic amines is 1. The number of carbonyl (C=O) groups is 1. The highest BCUT2D eigenvalue weighted by Crippen LogP contribution is 2.66. The summed E-state index contributed by atoms with van der Waals surface area (Å²) >= 11 is 0. The number of benzene rings is 1. The second kappa shape index (κ2) is 7.31. The van der Waals surface area contributed by atoms with Crippen LogP contribution in [0.25, 0.3) is 10.9 Å². The van der Waals surface area contributed by atoms with E-state index in [1.54, 1.807) is 19.2 Å². The van der Waals surface area contributed by atoms with Gasteiger partial charge in [0, 0.05) is 28.8 Å². The number of anilines is 2. The van der Waals surface area contributed by atoms with E-state index in [9.17, 15) is 9.59 Å². The molecule has 4 heterocycles. The summed E-state index contributed by atoms with van der Waals surface area (Å²) in [5, 5.41) is 3.91. The first-order chi connectivity index (χ1) is 17.0. The summed E-state index contributed by atoms with van der Waals surface area (Å²) in [4.78, 5) is 36.0. The van der Waals surface area contributed by atoms with Crippen LogP contribution in [-0.4, -0.2) is 34.6 Å². The van der Waals surface area contributed by atoms with Gasteiger partial charge in [0.1, 0.15) is 11.6 Å². The van der Waals surface area contributed by atoms with E-state index >= 15 is 0 Å². The summed E-state index contributed by atoms with van der Waals surface area (Å²) in [7, 11) is 1.56. The van der Waals surface area contributed by atoms with E-state index in [1.807, 2.05) is 19.1 Å². The van der Waals surface area contributed by atoms with Crippen molar-refractivity contribution in [3.8, 4) is 5.75 Å². The summed E-state index contributed by atoms with van der Waals surface area (Å²) in [5.74, 6) is 1.84. The molecule has 2 N–H and O–H groups in total. The minimum absolute atomic E-state index is 0.185. The van der Waals surface area contributed by atoms with E-state index in [2.05, 4.69) is 15.2 Å². The van der Waals surface area contributed by atoms with Gasteiger partial charge in [-0.2, -0.15) is 0 Å². The number of pyridine rings is 2. The molecule has 3 aromatic rings. The van der Waals surface area contributed by atoms with Gasteiger partial charge in [-0.1, -0.05) is 6.42 Å². The van der Waals surface area contributed by atoms with Crippen molar-refractivity contribution in [2.75, 3.05) is 17.3 Å². The number of nitrogens with one attached hydrogen (secondary N) is 2. The second-order valence-corrected chi connectivity index (χ2v) is 10.4. The first-order valence-corrected chi connectivity index (χ1v) is 12.4. The zero-order valence-corrected chi connectivity index (χ0v) is 19.9. The maximum Gasteiger partial charge on any atom is 0.259 e. The van der Waals surface area contributed by atoms with E-state index in [-0.39, 0.29) is 17.0 Å². The molecule has 3 fully saturated rings. The Hall–Kier alpha value is -3.39. The molecule has 1 aromatic carbocycles. The maximum atomic E-state index is 13.7. The van der Waals surface area contributed by atoms with Crippen molar-refractivity contribution < 1.29 is 14.3 Å². The Kier molecular flexibility index (Phi) is 4.37. The molecule has 1 saturated heterocycles. The number of fused-ring (bicyclic) bond motifs is 2. The number of carbonyl (C=O) groups excluding carboxylic acids is 1. The number of hydrogen-bond donors (Lipinski definition) is 2. The molecule has 0 bridgehead atoms. The average molecular weight is 473 g/mol. The Labute approximate surface area is 202 Å². The van der Waals surface area contributed by atoms with Gasteiger partial charge < -0.3 is 24.7 Å².